The first-order valence-corrected chi connectivity index (χ1v) is 12.9. The van der Waals surface area contributed by atoms with Crippen molar-refractivity contribution in [3.05, 3.63) is 59.7 Å². The van der Waals surface area contributed by atoms with E-state index in [4.69, 9.17) is 9.47 Å². The molecule has 2 rings (SSSR count). The number of hydrogen-bond donors (Lipinski definition) is 2. The van der Waals surface area contributed by atoms with Crippen LogP contribution in [0.25, 0.3) is 0 Å². The molecule has 9 heteroatoms. The maximum atomic E-state index is 11.3. The van der Waals surface area contributed by atoms with Crippen LogP contribution in [-0.2, 0) is 31.9 Å². The molecule has 2 unspecified atom stereocenters. The number of esters is 2. The van der Waals surface area contributed by atoms with E-state index in [2.05, 4.69) is 9.47 Å². The smallest absolute Gasteiger partial charge is 0.305 e. The third kappa shape index (κ3) is 11.1. The first-order chi connectivity index (χ1) is 18.2. The third-order valence-corrected chi connectivity index (χ3v) is 6.19. The highest BCUT2D eigenvalue weighted by Crippen LogP contribution is 2.17. The molecule has 0 bridgehead atoms. The summed E-state index contributed by atoms with van der Waals surface area (Å²) in [7, 11) is 2.75. The number of nitrogens with zero attached hydrogens (tertiary/aromatic N) is 1. The summed E-state index contributed by atoms with van der Waals surface area (Å²) < 4.78 is 21.0. The molecule has 0 aliphatic heterocycles. The molecule has 0 spiro atoms. The van der Waals surface area contributed by atoms with Crippen molar-refractivity contribution in [2.24, 2.45) is 0 Å². The van der Waals surface area contributed by atoms with E-state index in [0.29, 0.717) is 43.7 Å². The Hall–Kier alpha value is -3.14. The van der Waals surface area contributed by atoms with Crippen LogP contribution in [0.3, 0.4) is 0 Å². The van der Waals surface area contributed by atoms with E-state index in [-0.39, 0.29) is 43.8 Å². The van der Waals surface area contributed by atoms with Gasteiger partial charge in [-0.05, 0) is 62.1 Å². The van der Waals surface area contributed by atoms with Crippen molar-refractivity contribution in [3.63, 3.8) is 0 Å². The third-order valence-electron chi connectivity index (χ3n) is 6.19. The standard InChI is InChI=1S/C29H41NO8/c1-21(2)30(17-25(32)20-38-27-13-7-23(8-14-27)10-16-29(34)36-4)24(18-31)19-37-26-11-5-22(6-12-26)9-15-28(33)35-3/h5-8,11-14,21,24-25,31-32H,9-10,15-20H2,1-4H3. The van der Waals surface area contributed by atoms with Gasteiger partial charge in [0.2, 0.25) is 0 Å². The molecule has 0 aromatic heterocycles. The number of carbonyl (C=O) groups is 2. The maximum absolute atomic E-state index is 11.3. The van der Waals surface area contributed by atoms with Crippen LogP contribution in [0, 0.1) is 0 Å². The largest absolute Gasteiger partial charge is 0.492 e. The Kier molecular flexibility index (Phi) is 13.6. The zero-order valence-corrected chi connectivity index (χ0v) is 22.8. The molecule has 0 radical (unpaired) electrons. The average Bonchev–Trinajstić information content (AvgIpc) is 2.94. The van der Waals surface area contributed by atoms with Crippen LogP contribution < -0.4 is 9.47 Å². The highest BCUT2D eigenvalue weighted by atomic mass is 16.5. The molecule has 2 aromatic carbocycles. The summed E-state index contributed by atoms with van der Waals surface area (Å²) in [5, 5.41) is 20.7. The molecule has 0 fully saturated rings. The zero-order chi connectivity index (χ0) is 27.9. The fourth-order valence-corrected chi connectivity index (χ4v) is 3.92. The van der Waals surface area contributed by atoms with Crippen LogP contribution >= 0.6 is 0 Å². The van der Waals surface area contributed by atoms with Gasteiger partial charge in [-0.25, -0.2) is 0 Å². The quantitative estimate of drug-likeness (QED) is 0.297. The Morgan fingerprint density at radius 3 is 1.63 bits per heavy atom. The van der Waals surface area contributed by atoms with Crippen molar-refractivity contribution in [2.45, 2.75) is 57.7 Å². The Morgan fingerprint density at radius 1 is 0.789 bits per heavy atom. The highest BCUT2D eigenvalue weighted by molar-refractivity contribution is 5.69. The first kappa shape index (κ1) is 31.1. The van der Waals surface area contributed by atoms with Crippen molar-refractivity contribution >= 4 is 11.9 Å². The van der Waals surface area contributed by atoms with Crippen molar-refractivity contribution < 1.29 is 38.7 Å². The van der Waals surface area contributed by atoms with Crippen LogP contribution in [0.2, 0.25) is 0 Å². The Morgan fingerprint density at radius 2 is 1.24 bits per heavy atom. The number of rotatable bonds is 17. The number of hydrogen-bond acceptors (Lipinski definition) is 9. The predicted octanol–water partition coefficient (Wildman–Crippen LogP) is 2.79. The van der Waals surface area contributed by atoms with Gasteiger partial charge in [-0.2, -0.15) is 0 Å². The fourth-order valence-electron chi connectivity index (χ4n) is 3.92. The average molecular weight is 532 g/mol. The summed E-state index contributed by atoms with van der Waals surface area (Å²) >= 11 is 0. The van der Waals surface area contributed by atoms with Crippen molar-refractivity contribution in [3.8, 4) is 11.5 Å². The second kappa shape index (κ2) is 16.7. The van der Waals surface area contributed by atoms with Crippen LogP contribution in [0.1, 0.15) is 37.8 Å². The molecule has 0 heterocycles. The van der Waals surface area contributed by atoms with Crippen molar-refractivity contribution in [1.29, 1.82) is 0 Å². The molecule has 0 saturated carbocycles. The zero-order valence-electron chi connectivity index (χ0n) is 22.8. The highest BCUT2D eigenvalue weighted by Gasteiger charge is 2.24. The van der Waals surface area contributed by atoms with Gasteiger partial charge in [0.1, 0.15) is 30.8 Å². The molecular formula is C29H41NO8. The SMILES string of the molecule is COC(=O)CCc1ccc(OCC(O)CN(C(C)C)C(CO)COc2ccc(CCC(=O)OC)cc2)cc1. The minimum Gasteiger partial charge on any atom is -0.492 e. The van der Waals surface area contributed by atoms with Gasteiger partial charge in [0.05, 0.1) is 26.9 Å². The van der Waals surface area contributed by atoms with Gasteiger partial charge in [-0.1, -0.05) is 24.3 Å². The van der Waals surface area contributed by atoms with Gasteiger partial charge in [-0.15, -0.1) is 0 Å². The summed E-state index contributed by atoms with van der Waals surface area (Å²) in [5.41, 5.74) is 2.00. The lowest BCUT2D eigenvalue weighted by atomic mass is 10.1. The summed E-state index contributed by atoms with van der Waals surface area (Å²) in [5.74, 6) is 0.787. The Bertz CT molecular complexity index is 962. The lowest BCUT2D eigenvalue weighted by molar-refractivity contribution is -0.141. The number of aliphatic hydroxyl groups is 2. The van der Waals surface area contributed by atoms with Crippen molar-refractivity contribution in [1.82, 2.24) is 4.90 Å². The van der Waals surface area contributed by atoms with Gasteiger partial charge in [-0.3, -0.25) is 14.5 Å². The molecule has 0 aliphatic carbocycles. The summed E-state index contributed by atoms with van der Waals surface area (Å²) in [4.78, 5) is 24.6. The van der Waals surface area contributed by atoms with Crippen LogP contribution in [0.4, 0.5) is 0 Å². The molecule has 2 aromatic rings. The van der Waals surface area contributed by atoms with Gasteiger partial charge in [0.15, 0.2) is 0 Å². The number of aryl methyl sites for hydroxylation is 2. The minimum absolute atomic E-state index is 0.0557. The molecule has 2 atom stereocenters. The summed E-state index contributed by atoms with van der Waals surface area (Å²) in [6, 6.07) is 14.6. The molecule has 0 amide bonds. The fraction of sp³-hybridized carbons (Fsp3) is 0.517. The molecule has 2 N–H and O–H groups in total. The van der Waals surface area contributed by atoms with E-state index in [1.807, 2.05) is 67.3 Å². The molecule has 210 valence electrons. The molecule has 38 heavy (non-hydrogen) atoms. The predicted molar refractivity (Wildman–Crippen MR) is 143 cm³/mol. The lowest BCUT2D eigenvalue weighted by Gasteiger charge is -2.35. The van der Waals surface area contributed by atoms with Crippen LogP contribution in [0.5, 0.6) is 11.5 Å². The van der Waals surface area contributed by atoms with E-state index in [1.54, 1.807) is 0 Å². The lowest BCUT2D eigenvalue weighted by Crippen LogP contribution is -2.50. The molecular weight excluding hydrogens is 490 g/mol. The number of benzene rings is 2. The topological polar surface area (TPSA) is 115 Å². The van der Waals surface area contributed by atoms with Crippen LogP contribution in [-0.4, -0.2) is 85.8 Å². The van der Waals surface area contributed by atoms with E-state index in [9.17, 15) is 19.8 Å². The molecule has 0 aliphatic rings. The maximum Gasteiger partial charge on any atom is 0.305 e. The van der Waals surface area contributed by atoms with Gasteiger partial charge in [0, 0.05) is 25.4 Å². The second-order valence-electron chi connectivity index (χ2n) is 9.34. The second-order valence-corrected chi connectivity index (χ2v) is 9.34. The van der Waals surface area contributed by atoms with Crippen molar-refractivity contribution in [2.75, 3.05) is 40.6 Å². The van der Waals surface area contributed by atoms with Gasteiger partial charge >= 0.3 is 11.9 Å². The first-order valence-electron chi connectivity index (χ1n) is 12.9. The summed E-state index contributed by atoms with van der Waals surface area (Å²) in [6.45, 7) is 4.51. The number of ether oxygens (including phenoxy) is 4. The minimum atomic E-state index is -0.778. The Balaban J connectivity index is 1.84. The van der Waals surface area contributed by atoms with Crippen LogP contribution in [0.15, 0.2) is 48.5 Å². The number of aliphatic hydroxyl groups excluding tert-OH is 2. The molecule has 0 saturated heterocycles. The monoisotopic (exact) mass is 531 g/mol. The summed E-state index contributed by atoms with van der Waals surface area (Å²) in [6.07, 6.45) is 1.04. The number of methoxy groups -OCH3 is 2. The van der Waals surface area contributed by atoms with E-state index < -0.39 is 6.10 Å². The normalized spacial score (nSPS) is 12.7. The van der Waals surface area contributed by atoms with E-state index in [1.165, 1.54) is 14.2 Å². The molecule has 9 nitrogen and oxygen atoms in total. The van der Waals surface area contributed by atoms with Gasteiger partial charge < -0.3 is 29.2 Å². The van der Waals surface area contributed by atoms with E-state index >= 15 is 0 Å². The number of carbonyl (C=O) groups excluding carboxylic acids is 2. The van der Waals surface area contributed by atoms with Gasteiger partial charge in [0.25, 0.3) is 0 Å². The van der Waals surface area contributed by atoms with E-state index in [0.717, 1.165) is 11.1 Å². The Labute approximate surface area is 225 Å².